The first-order valence-corrected chi connectivity index (χ1v) is 8.65. The van der Waals surface area contributed by atoms with Crippen LogP contribution in [0.4, 0.5) is 0 Å². The van der Waals surface area contributed by atoms with Gasteiger partial charge in [-0.25, -0.2) is 4.98 Å². The standard InChI is InChI=1S/C22H15ClN2/c1-14-6-8-15(9-7-14)22-24-19-13-17(23)10-11-18(19)21-12-16-4-2-3-5-20(16)25(21)22/h2-13H,1H3. The van der Waals surface area contributed by atoms with Crippen LogP contribution in [0.5, 0.6) is 0 Å². The van der Waals surface area contributed by atoms with Gasteiger partial charge in [0.25, 0.3) is 0 Å². The second-order valence-corrected chi connectivity index (χ2v) is 6.82. The van der Waals surface area contributed by atoms with Gasteiger partial charge in [-0.15, -0.1) is 0 Å². The van der Waals surface area contributed by atoms with Crippen molar-refractivity contribution in [2.75, 3.05) is 0 Å². The molecule has 2 aromatic heterocycles. The molecule has 0 aliphatic carbocycles. The zero-order valence-corrected chi connectivity index (χ0v) is 14.5. The van der Waals surface area contributed by atoms with Crippen molar-refractivity contribution >= 4 is 38.9 Å². The molecule has 0 unspecified atom stereocenters. The Labute approximate surface area is 150 Å². The van der Waals surface area contributed by atoms with Crippen LogP contribution in [0.1, 0.15) is 5.56 Å². The number of aromatic nitrogens is 2. The first-order chi connectivity index (χ1) is 12.2. The van der Waals surface area contributed by atoms with E-state index >= 15 is 0 Å². The van der Waals surface area contributed by atoms with E-state index < -0.39 is 0 Å². The highest BCUT2D eigenvalue weighted by atomic mass is 35.5. The van der Waals surface area contributed by atoms with Crippen LogP contribution in [0.15, 0.2) is 72.8 Å². The van der Waals surface area contributed by atoms with Crippen molar-refractivity contribution in [3.8, 4) is 11.4 Å². The molecule has 2 nitrogen and oxygen atoms in total. The molecule has 0 N–H and O–H groups in total. The highest BCUT2D eigenvalue weighted by Gasteiger charge is 2.13. The molecule has 2 heterocycles. The normalized spacial score (nSPS) is 11.6. The molecule has 0 saturated heterocycles. The molecule has 0 saturated carbocycles. The van der Waals surface area contributed by atoms with Crippen molar-refractivity contribution < 1.29 is 0 Å². The number of nitrogens with zero attached hydrogens (tertiary/aromatic N) is 2. The van der Waals surface area contributed by atoms with E-state index in [1.54, 1.807) is 0 Å². The van der Waals surface area contributed by atoms with Crippen LogP contribution in [-0.4, -0.2) is 9.38 Å². The Kier molecular flexibility index (Phi) is 3.09. The number of hydrogen-bond donors (Lipinski definition) is 0. The summed E-state index contributed by atoms with van der Waals surface area (Å²) in [5.41, 5.74) is 5.56. The van der Waals surface area contributed by atoms with Crippen LogP contribution in [0.25, 0.3) is 38.7 Å². The van der Waals surface area contributed by atoms with Crippen molar-refractivity contribution in [1.82, 2.24) is 9.38 Å². The lowest BCUT2D eigenvalue weighted by Gasteiger charge is -2.11. The van der Waals surface area contributed by atoms with Gasteiger partial charge in [-0.2, -0.15) is 0 Å². The van der Waals surface area contributed by atoms with Gasteiger partial charge in [0.1, 0.15) is 5.82 Å². The van der Waals surface area contributed by atoms with Crippen molar-refractivity contribution in [1.29, 1.82) is 0 Å². The zero-order chi connectivity index (χ0) is 17.0. The summed E-state index contributed by atoms with van der Waals surface area (Å²) in [5, 5.41) is 3.02. The molecule has 0 spiro atoms. The average Bonchev–Trinajstić information content (AvgIpc) is 3.01. The van der Waals surface area contributed by atoms with E-state index in [1.165, 1.54) is 10.9 Å². The third kappa shape index (κ3) is 2.22. The molecule has 120 valence electrons. The molecule has 0 bridgehead atoms. The van der Waals surface area contributed by atoms with Gasteiger partial charge in [-0.1, -0.05) is 59.6 Å². The third-order valence-corrected chi connectivity index (χ3v) is 4.93. The minimum Gasteiger partial charge on any atom is -0.293 e. The van der Waals surface area contributed by atoms with Gasteiger partial charge in [0.15, 0.2) is 0 Å². The topological polar surface area (TPSA) is 17.3 Å². The van der Waals surface area contributed by atoms with E-state index in [0.717, 1.165) is 33.3 Å². The summed E-state index contributed by atoms with van der Waals surface area (Å²) in [5.74, 6) is 0.936. The van der Waals surface area contributed by atoms with Crippen molar-refractivity contribution in [3.63, 3.8) is 0 Å². The quantitative estimate of drug-likeness (QED) is 0.351. The Morgan fingerprint density at radius 3 is 2.48 bits per heavy atom. The van der Waals surface area contributed by atoms with E-state index in [0.29, 0.717) is 5.02 Å². The van der Waals surface area contributed by atoms with E-state index in [1.807, 2.05) is 12.1 Å². The molecule has 0 aliphatic heterocycles. The van der Waals surface area contributed by atoms with Gasteiger partial charge in [-0.05, 0) is 37.3 Å². The number of benzene rings is 3. The maximum atomic E-state index is 6.22. The Morgan fingerprint density at radius 2 is 1.64 bits per heavy atom. The Bertz CT molecular complexity index is 1250. The van der Waals surface area contributed by atoms with Crippen LogP contribution in [0, 0.1) is 6.92 Å². The summed E-state index contributed by atoms with van der Waals surface area (Å²) < 4.78 is 2.25. The summed E-state index contributed by atoms with van der Waals surface area (Å²) >= 11 is 6.22. The average molecular weight is 343 g/mol. The SMILES string of the molecule is Cc1ccc(-c2nc3cc(Cl)ccc3c3cc4ccccc4n23)cc1. The fourth-order valence-corrected chi connectivity index (χ4v) is 3.62. The number of fused-ring (bicyclic) bond motifs is 5. The van der Waals surface area contributed by atoms with E-state index in [-0.39, 0.29) is 0 Å². The van der Waals surface area contributed by atoms with E-state index in [4.69, 9.17) is 16.6 Å². The highest BCUT2D eigenvalue weighted by Crippen LogP contribution is 2.32. The highest BCUT2D eigenvalue weighted by molar-refractivity contribution is 6.31. The Hall–Kier alpha value is -2.84. The zero-order valence-electron chi connectivity index (χ0n) is 13.7. The van der Waals surface area contributed by atoms with Crippen LogP contribution >= 0.6 is 11.6 Å². The van der Waals surface area contributed by atoms with Gasteiger partial charge in [0, 0.05) is 21.4 Å². The second-order valence-electron chi connectivity index (χ2n) is 6.39. The first-order valence-electron chi connectivity index (χ1n) is 8.27. The molecule has 0 atom stereocenters. The minimum absolute atomic E-state index is 0.704. The minimum atomic E-state index is 0.704. The Balaban J connectivity index is 2.01. The maximum Gasteiger partial charge on any atom is 0.145 e. The monoisotopic (exact) mass is 342 g/mol. The van der Waals surface area contributed by atoms with Crippen LogP contribution < -0.4 is 0 Å². The predicted molar refractivity (Wildman–Crippen MR) is 105 cm³/mol. The van der Waals surface area contributed by atoms with Gasteiger partial charge in [0.05, 0.1) is 16.6 Å². The molecule has 5 rings (SSSR count). The fourth-order valence-electron chi connectivity index (χ4n) is 3.46. The summed E-state index contributed by atoms with van der Waals surface area (Å²) in [6.07, 6.45) is 0. The van der Waals surface area contributed by atoms with Gasteiger partial charge in [0.2, 0.25) is 0 Å². The number of aryl methyl sites for hydroxylation is 1. The lowest BCUT2D eigenvalue weighted by Crippen LogP contribution is -1.97. The molecule has 0 aliphatic rings. The molecular formula is C22H15ClN2. The predicted octanol–water partition coefficient (Wildman–Crippen LogP) is 6.27. The van der Waals surface area contributed by atoms with Crippen molar-refractivity contribution in [3.05, 3.63) is 83.4 Å². The number of halogens is 1. The Morgan fingerprint density at radius 1 is 0.840 bits per heavy atom. The third-order valence-electron chi connectivity index (χ3n) is 4.69. The van der Waals surface area contributed by atoms with E-state index in [2.05, 4.69) is 72.0 Å². The fraction of sp³-hybridized carbons (Fsp3) is 0.0455. The molecule has 0 fully saturated rings. The van der Waals surface area contributed by atoms with Gasteiger partial charge < -0.3 is 0 Å². The number of para-hydroxylation sites is 1. The van der Waals surface area contributed by atoms with E-state index in [9.17, 15) is 0 Å². The summed E-state index contributed by atoms with van der Waals surface area (Å²) in [6.45, 7) is 2.10. The molecule has 3 heteroatoms. The molecule has 5 aromatic rings. The van der Waals surface area contributed by atoms with Crippen LogP contribution in [-0.2, 0) is 0 Å². The smallest absolute Gasteiger partial charge is 0.145 e. The number of rotatable bonds is 1. The molecule has 3 aromatic carbocycles. The summed E-state index contributed by atoms with van der Waals surface area (Å²) in [6, 6.07) is 25.1. The number of hydrogen-bond acceptors (Lipinski definition) is 1. The molecule has 0 radical (unpaired) electrons. The molecule has 0 amide bonds. The van der Waals surface area contributed by atoms with Gasteiger partial charge >= 0.3 is 0 Å². The summed E-state index contributed by atoms with van der Waals surface area (Å²) in [4.78, 5) is 4.96. The lowest BCUT2D eigenvalue weighted by molar-refractivity contribution is 1.17. The van der Waals surface area contributed by atoms with Crippen molar-refractivity contribution in [2.24, 2.45) is 0 Å². The van der Waals surface area contributed by atoms with Gasteiger partial charge in [-0.3, -0.25) is 4.40 Å². The molecular weight excluding hydrogens is 328 g/mol. The molecule has 25 heavy (non-hydrogen) atoms. The lowest BCUT2D eigenvalue weighted by atomic mass is 10.1. The van der Waals surface area contributed by atoms with Crippen LogP contribution in [0.3, 0.4) is 0 Å². The van der Waals surface area contributed by atoms with Crippen molar-refractivity contribution in [2.45, 2.75) is 6.92 Å². The maximum absolute atomic E-state index is 6.22. The second kappa shape index (κ2) is 5.33. The van der Waals surface area contributed by atoms with Crippen LogP contribution in [0.2, 0.25) is 5.02 Å². The first kappa shape index (κ1) is 14.5. The summed E-state index contributed by atoms with van der Waals surface area (Å²) in [7, 11) is 0. The largest absolute Gasteiger partial charge is 0.293 e.